The molecule has 0 aromatic heterocycles. The highest BCUT2D eigenvalue weighted by atomic mass is 35.5. The van der Waals surface area contributed by atoms with E-state index in [1.54, 1.807) is 0 Å². The van der Waals surface area contributed by atoms with Crippen molar-refractivity contribution >= 4 is 21.9 Å². The molecule has 2 atom stereocenters. The van der Waals surface area contributed by atoms with Crippen LogP contribution in [0.3, 0.4) is 0 Å². The van der Waals surface area contributed by atoms with Gasteiger partial charge in [0.05, 0.1) is 18.3 Å². The van der Waals surface area contributed by atoms with Crippen LogP contribution >= 0.6 is 11.6 Å². The van der Waals surface area contributed by atoms with Crippen LogP contribution in [0.25, 0.3) is 0 Å². The first-order chi connectivity index (χ1) is 10.4. The summed E-state index contributed by atoms with van der Waals surface area (Å²) in [6, 6.07) is 7.51. The van der Waals surface area contributed by atoms with Gasteiger partial charge in [-0.1, -0.05) is 42.6 Å². The first-order valence-corrected chi connectivity index (χ1v) is 9.33. The second-order valence-corrected chi connectivity index (χ2v) is 7.82. The van der Waals surface area contributed by atoms with Gasteiger partial charge in [0.2, 0.25) is 0 Å². The molecule has 1 aliphatic heterocycles. The topological polar surface area (TPSA) is 78.6 Å². The van der Waals surface area contributed by atoms with Gasteiger partial charge in [0.25, 0.3) is 0 Å². The summed E-state index contributed by atoms with van der Waals surface area (Å²) in [6.07, 6.45) is 4.79. The average Bonchev–Trinajstić information content (AvgIpc) is 3.04. The van der Waals surface area contributed by atoms with Gasteiger partial charge in [-0.15, -0.1) is 0 Å². The summed E-state index contributed by atoms with van der Waals surface area (Å²) in [6.45, 7) is 0.0243. The van der Waals surface area contributed by atoms with E-state index in [1.807, 2.05) is 24.3 Å². The summed E-state index contributed by atoms with van der Waals surface area (Å²) < 4.78 is 33.4. The molecule has 1 aromatic carbocycles. The van der Waals surface area contributed by atoms with Crippen LogP contribution in [0.2, 0.25) is 5.02 Å². The first kappa shape index (κ1) is 16.2. The van der Waals surface area contributed by atoms with Gasteiger partial charge >= 0.3 is 10.3 Å². The third kappa shape index (κ3) is 3.46. The van der Waals surface area contributed by atoms with Gasteiger partial charge in [-0.05, 0) is 30.9 Å². The molecule has 22 heavy (non-hydrogen) atoms. The number of halogens is 1. The molecule has 0 unspecified atom stereocenters. The zero-order valence-electron chi connectivity index (χ0n) is 12.2. The van der Waals surface area contributed by atoms with Crippen LogP contribution in [0, 0.1) is 5.92 Å². The summed E-state index contributed by atoms with van der Waals surface area (Å²) in [5.41, 5.74) is 0.715. The summed E-state index contributed by atoms with van der Waals surface area (Å²) >= 11 is 6.29. The molecule has 2 fully saturated rings. The maximum absolute atomic E-state index is 11.1. The number of rotatable bonds is 4. The highest BCUT2D eigenvalue weighted by molar-refractivity contribution is 7.84. The van der Waals surface area contributed by atoms with E-state index in [1.165, 1.54) is 0 Å². The molecular formula is C15H20ClNO4S. The van der Waals surface area contributed by atoms with Gasteiger partial charge < -0.3 is 4.74 Å². The monoisotopic (exact) mass is 345 g/mol. The van der Waals surface area contributed by atoms with Gasteiger partial charge in [0.15, 0.2) is 0 Å². The molecule has 0 amide bonds. The van der Waals surface area contributed by atoms with Crippen LogP contribution in [0.5, 0.6) is 0 Å². The Bertz CT molecular complexity index is 643. The summed E-state index contributed by atoms with van der Waals surface area (Å²) in [4.78, 5) is 0. The van der Waals surface area contributed by atoms with E-state index in [0.717, 1.165) is 37.7 Å². The molecule has 122 valence electrons. The highest BCUT2D eigenvalue weighted by Gasteiger charge is 2.48. The van der Waals surface area contributed by atoms with E-state index in [2.05, 4.69) is 0 Å². The lowest BCUT2D eigenvalue weighted by Gasteiger charge is -2.24. The number of hydrogen-bond donors (Lipinski definition) is 1. The summed E-state index contributed by atoms with van der Waals surface area (Å²) in [7, 11) is -3.95. The molecule has 0 radical (unpaired) electrons. The van der Waals surface area contributed by atoms with Gasteiger partial charge in [-0.3, -0.25) is 4.18 Å². The zero-order chi connectivity index (χ0) is 15.8. The third-order valence-electron chi connectivity index (χ3n) is 4.61. The molecular weight excluding hydrogens is 326 g/mol. The molecule has 1 aliphatic carbocycles. The van der Waals surface area contributed by atoms with Gasteiger partial charge in [-0.25, -0.2) is 5.14 Å². The molecule has 2 N–H and O–H groups in total. The second-order valence-electron chi connectivity index (χ2n) is 6.19. The van der Waals surface area contributed by atoms with Crippen LogP contribution in [0.1, 0.15) is 43.8 Å². The van der Waals surface area contributed by atoms with Crippen molar-refractivity contribution in [2.75, 3.05) is 6.61 Å². The molecule has 1 aromatic rings. The standard InChI is InChI=1S/C15H20ClNO4S/c16-13-6-2-1-5-12(13)14-11(10-20-22(17,18)19)9-15(21-14)7-3-4-8-15/h1-2,5-6,11,14H,3-4,7-10H2,(H2,17,18,19)/t11-,14+/m0/s1. The van der Waals surface area contributed by atoms with Gasteiger partial charge in [-0.2, -0.15) is 8.42 Å². The van der Waals surface area contributed by atoms with E-state index in [4.69, 9.17) is 25.7 Å². The Hall–Kier alpha value is -0.660. The summed E-state index contributed by atoms with van der Waals surface area (Å²) in [5.74, 6) is -0.0728. The Kier molecular flexibility index (Phi) is 4.49. The smallest absolute Gasteiger partial charge is 0.333 e. The fraction of sp³-hybridized carbons (Fsp3) is 0.600. The normalized spacial score (nSPS) is 27.5. The molecule has 1 heterocycles. The minimum Gasteiger partial charge on any atom is -0.367 e. The molecule has 2 aliphatic rings. The van der Waals surface area contributed by atoms with Crippen molar-refractivity contribution in [3.63, 3.8) is 0 Å². The Morgan fingerprint density at radius 3 is 2.64 bits per heavy atom. The predicted molar refractivity (Wildman–Crippen MR) is 83.6 cm³/mol. The molecule has 1 spiro atoms. The van der Waals surface area contributed by atoms with Crippen molar-refractivity contribution in [1.29, 1.82) is 0 Å². The minimum atomic E-state index is -3.95. The Labute approximate surface area is 136 Å². The van der Waals surface area contributed by atoms with E-state index in [-0.39, 0.29) is 24.2 Å². The van der Waals surface area contributed by atoms with Crippen molar-refractivity contribution in [1.82, 2.24) is 0 Å². The largest absolute Gasteiger partial charge is 0.367 e. The predicted octanol–water partition coefficient (Wildman–Crippen LogP) is 2.95. The van der Waals surface area contributed by atoms with Crippen molar-refractivity contribution in [2.24, 2.45) is 11.1 Å². The van der Waals surface area contributed by atoms with E-state index in [0.29, 0.717) is 5.02 Å². The van der Waals surface area contributed by atoms with Crippen LogP contribution < -0.4 is 5.14 Å². The summed E-state index contributed by atoms with van der Waals surface area (Å²) in [5, 5.41) is 5.58. The van der Waals surface area contributed by atoms with E-state index < -0.39 is 10.3 Å². The van der Waals surface area contributed by atoms with Crippen molar-refractivity contribution in [3.05, 3.63) is 34.9 Å². The Morgan fingerprint density at radius 1 is 1.32 bits per heavy atom. The fourth-order valence-corrected chi connectivity index (χ4v) is 4.30. The molecule has 1 saturated carbocycles. The van der Waals surface area contributed by atoms with Gasteiger partial charge in [0.1, 0.15) is 0 Å². The highest BCUT2D eigenvalue weighted by Crippen LogP contribution is 2.52. The van der Waals surface area contributed by atoms with Crippen LogP contribution in [-0.2, 0) is 19.2 Å². The third-order valence-corrected chi connectivity index (χ3v) is 5.42. The number of benzene rings is 1. The lowest BCUT2D eigenvalue weighted by atomic mass is 9.89. The molecule has 0 bridgehead atoms. The van der Waals surface area contributed by atoms with E-state index in [9.17, 15) is 8.42 Å². The lowest BCUT2D eigenvalue weighted by Crippen LogP contribution is -2.24. The molecule has 7 heteroatoms. The maximum atomic E-state index is 11.1. The van der Waals surface area contributed by atoms with Crippen LogP contribution in [0.4, 0.5) is 0 Å². The van der Waals surface area contributed by atoms with Crippen LogP contribution in [0.15, 0.2) is 24.3 Å². The second kappa shape index (κ2) is 6.09. The van der Waals surface area contributed by atoms with E-state index >= 15 is 0 Å². The fourth-order valence-electron chi connectivity index (χ4n) is 3.69. The molecule has 5 nitrogen and oxygen atoms in total. The Morgan fingerprint density at radius 2 is 2.00 bits per heavy atom. The average molecular weight is 346 g/mol. The van der Waals surface area contributed by atoms with Crippen LogP contribution in [-0.4, -0.2) is 20.6 Å². The SMILES string of the molecule is NS(=O)(=O)OC[C@@H]1CC2(CCCC2)O[C@H]1c1ccccc1Cl. The first-order valence-electron chi connectivity index (χ1n) is 7.48. The van der Waals surface area contributed by atoms with Crippen molar-refractivity contribution < 1.29 is 17.3 Å². The Balaban J connectivity index is 1.85. The maximum Gasteiger partial charge on any atom is 0.333 e. The lowest BCUT2D eigenvalue weighted by molar-refractivity contribution is -0.0436. The zero-order valence-corrected chi connectivity index (χ0v) is 13.8. The van der Waals surface area contributed by atoms with Crippen molar-refractivity contribution in [3.8, 4) is 0 Å². The van der Waals surface area contributed by atoms with Gasteiger partial charge in [0, 0.05) is 10.9 Å². The molecule has 3 rings (SSSR count). The number of nitrogens with two attached hydrogens (primary N) is 1. The quantitative estimate of drug-likeness (QED) is 0.909. The van der Waals surface area contributed by atoms with Crippen molar-refractivity contribution in [2.45, 2.75) is 43.8 Å². The molecule has 1 saturated heterocycles. The number of ether oxygens (including phenoxy) is 1. The minimum absolute atomic E-state index is 0.0243. The number of hydrogen-bond acceptors (Lipinski definition) is 4.